The summed E-state index contributed by atoms with van der Waals surface area (Å²) in [4.78, 5) is 5.59. The van der Waals surface area contributed by atoms with Crippen LogP contribution in [0.4, 0.5) is 10.1 Å². The molecule has 0 fully saturated rings. The van der Waals surface area contributed by atoms with Crippen molar-refractivity contribution in [3.8, 4) is 0 Å². The Morgan fingerprint density at radius 1 is 1.32 bits per heavy atom. The fraction of sp³-hybridized carbons (Fsp3) is 0.400. The quantitative estimate of drug-likeness (QED) is 0.894. The monoisotopic (exact) mass is 278 g/mol. The highest BCUT2D eigenvalue weighted by Crippen LogP contribution is 2.27. The Balaban J connectivity index is 2.02. The highest BCUT2D eigenvalue weighted by molar-refractivity contribution is 7.11. The summed E-state index contributed by atoms with van der Waals surface area (Å²) < 4.78 is 13.4. The van der Waals surface area contributed by atoms with Crippen molar-refractivity contribution < 1.29 is 4.39 Å². The number of benzene rings is 1. The molecule has 1 aromatic carbocycles. The lowest BCUT2D eigenvalue weighted by Gasteiger charge is -2.13. The zero-order chi connectivity index (χ0) is 14.0. The molecule has 1 heterocycles. The molecule has 0 saturated heterocycles. The van der Waals surface area contributed by atoms with E-state index in [1.165, 1.54) is 6.07 Å². The first kappa shape index (κ1) is 14.0. The Kier molecular flexibility index (Phi) is 3.90. The lowest BCUT2D eigenvalue weighted by molar-refractivity contribution is 0.585. The second kappa shape index (κ2) is 5.29. The van der Waals surface area contributed by atoms with E-state index in [-0.39, 0.29) is 11.2 Å². The molecule has 102 valence electrons. The standard InChI is InChI=1S/C15H19FN2S/c1-10-5-6-11(7-13(10)16)17-8-12-9-18-14(19-12)15(2,3)4/h5-7,9,17H,8H2,1-4H3. The van der Waals surface area contributed by atoms with Crippen molar-refractivity contribution in [3.63, 3.8) is 0 Å². The third-order valence-corrected chi connectivity index (χ3v) is 4.26. The van der Waals surface area contributed by atoms with E-state index < -0.39 is 0 Å². The first-order valence-electron chi connectivity index (χ1n) is 6.31. The minimum atomic E-state index is -0.176. The summed E-state index contributed by atoms with van der Waals surface area (Å²) in [5.41, 5.74) is 1.55. The van der Waals surface area contributed by atoms with E-state index in [1.54, 1.807) is 24.3 Å². The molecule has 1 aromatic heterocycles. The molecule has 0 saturated carbocycles. The summed E-state index contributed by atoms with van der Waals surface area (Å²) in [7, 11) is 0. The molecule has 2 nitrogen and oxygen atoms in total. The molecule has 2 rings (SSSR count). The minimum Gasteiger partial charge on any atom is -0.380 e. The lowest BCUT2D eigenvalue weighted by Crippen LogP contribution is -2.09. The maximum atomic E-state index is 13.4. The predicted octanol–water partition coefficient (Wildman–Crippen LogP) is 4.50. The second-order valence-electron chi connectivity index (χ2n) is 5.70. The number of thiazole rings is 1. The number of aryl methyl sites for hydroxylation is 1. The van der Waals surface area contributed by atoms with E-state index in [1.807, 2.05) is 12.3 Å². The van der Waals surface area contributed by atoms with Crippen LogP contribution < -0.4 is 5.32 Å². The lowest BCUT2D eigenvalue weighted by atomic mass is 9.98. The van der Waals surface area contributed by atoms with Gasteiger partial charge in [-0.3, -0.25) is 0 Å². The van der Waals surface area contributed by atoms with Gasteiger partial charge in [-0.15, -0.1) is 11.3 Å². The van der Waals surface area contributed by atoms with E-state index in [4.69, 9.17) is 0 Å². The number of hydrogen-bond donors (Lipinski definition) is 1. The van der Waals surface area contributed by atoms with Crippen molar-refractivity contribution in [2.75, 3.05) is 5.32 Å². The molecule has 19 heavy (non-hydrogen) atoms. The summed E-state index contributed by atoms with van der Waals surface area (Å²) in [6.07, 6.45) is 1.89. The Bertz CT molecular complexity index is 570. The van der Waals surface area contributed by atoms with Gasteiger partial charge in [0.25, 0.3) is 0 Å². The normalized spacial score (nSPS) is 11.6. The van der Waals surface area contributed by atoms with Crippen LogP contribution in [-0.2, 0) is 12.0 Å². The summed E-state index contributed by atoms with van der Waals surface area (Å²) in [5, 5.41) is 4.35. The van der Waals surface area contributed by atoms with E-state index >= 15 is 0 Å². The van der Waals surface area contributed by atoms with Crippen molar-refractivity contribution in [1.29, 1.82) is 0 Å². The largest absolute Gasteiger partial charge is 0.380 e. The molecule has 0 bridgehead atoms. The van der Waals surface area contributed by atoms with Crippen molar-refractivity contribution in [1.82, 2.24) is 4.98 Å². The van der Waals surface area contributed by atoms with Crippen LogP contribution in [0.25, 0.3) is 0 Å². The second-order valence-corrected chi connectivity index (χ2v) is 6.81. The third kappa shape index (κ3) is 3.53. The van der Waals surface area contributed by atoms with Gasteiger partial charge in [0.2, 0.25) is 0 Å². The van der Waals surface area contributed by atoms with Gasteiger partial charge in [0.15, 0.2) is 0 Å². The maximum Gasteiger partial charge on any atom is 0.128 e. The van der Waals surface area contributed by atoms with Crippen molar-refractivity contribution in [3.05, 3.63) is 45.7 Å². The molecule has 0 aliphatic carbocycles. The third-order valence-electron chi connectivity index (χ3n) is 2.83. The first-order valence-corrected chi connectivity index (χ1v) is 7.13. The van der Waals surface area contributed by atoms with Gasteiger partial charge in [0.1, 0.15) is 5.82 Å². The highest BCUT2D eigenvalue weighted by atomic mass is 32.1. The number of nitrogens with one attached hydrogen (secondary N) is 1. The van der Waals surface area contributed by atoms with Crippen LogP contribution in [-0.4, -0.2) is 4.98 Å². The Morgan fingerprint density at radius 2 is 2.05 bits per heavy atom. The van der Waals surface area contributed by atoms with Crippen LogP contribution in [0.3, 0.4) is 0 Å². The molecule has 0 spiro atoms. The van der Waals surface area contributed by atoms with Crippen molar-refractivity contribution in [2.45, 2.75) is 39.7 Å². The molecular weight excluding hydrogens is 259 g/mol. The molecule has 0 aliphatic heterocycles. The van der Waals surface area contributed by atoms with Crippen LogP contribution in [0.5, 0.6) is 0 Å². The summed E-state index contributed by atoms with van der Waals surface area (Å²) in [6.45, 7) is 8.89. The molecule has 0 unspecified atom stereocenters. The number of rotatable bonds is 3. The number of nitrogens with zero attached hydrogens (tertiary/aromatic N) is 1. The molecule has 0 amide bonds. The summed E-state index contributed by atoms with van der Waals surface area (Å²) in [6, 6.07) is 5.20. The predicted molar refractivity (Wildman–Crippen MR) is 79.3 cm³/mol. The van der Waals surface area contributed by atoms with Crippen LogP contribution in [0.2, 0.25) is 0 Å². The SMILES string of the molecule is Cc1ccc(NCc2cnc(C(C)(C)C)s2)cc1F. The van der Waals surface area contributed by atoms with Gasteiger partial charge in [0, 0.05) is 22.2 Å². The van der Waals surface area contributed by atoms with Gasteiger partial charge in [-0.25, -0.2) is 9.37 Å². The molecule has 1 N–H and O–H groups in total. The molecule has 2 aromatic rings. The average Bonchev–Trinajstić information content (AvgIpc) is 2.79. The maximum absolute atomic E-state index is 13.4. The van der Waals surface area contributed by atoms with E-state index in [0.717, 1.165) is 15.6 Å². The van der Waals surface area contributed by atoms with E-state index in [9.17, 15) is 4.39 Å². The Labute approximate surface area is 117 Å². The zero-order valence-corrected chi connectivity index (χ0v) is 12.6. The van der Waals surface area contributed by atoms with Crippen LogP contribution >= 0.6 is 11.3 Å². The van der Waals surface area contributed by atoms with Crippen LogP contribution in [0.1, 0.15) is 36.2 Å². The molecule has 0 atom stereocenters. The van der Waals surface area contributed by atoms with Crippen LogP contribution in [0, 0.1) is 12.7 Å². The molecule has 0 aliphatic rings. The minimum absolute atomic E-state index is 0.0822. The molecule has 4 heteroatoms. The smallest absolute Gasteiger partial charge is 0.128 e. The fourth-order valence-electron chi connectivity index (χ4n) is 1.63. The van der Waals surface area contributed by atoms with Crippen molar-refractivity contribution >= 4 is 17.0 Å². The number of aromatic nitrogens is 1. The van der Waals surface area contributed by atoms with E-state index in [2.05, 4.69) is 31.1 Å². The molecule has 0 radical (unpaired) electrons. The fourth-order valence-corrected chi connectivity index (χ4v) is 2.54. The van der Waals surface area contributed by atoms with Gasteiger partial charge < -0.3 is 5.32 Å². The van der Waals surface area contributed by atoms with Gasteiger partial charge in [-0.2, -0.15) is 0 Å². The number of halogens is 1. The van der Waals surface area contributed by atoms with Gasteiger partial charge in [-0.05, 0) is 24.6 Å². The summed E-state index contributed by atoms with van der Waals surface area (Å²) in [5.74, 6) is -0.176. The topological polar surface area (TPSA) is 24.9 Å². The summed E-state index contributed by atoms with van der Waals surface area (Å²) >= 11 is 1.70. The Hall–Kier alpha value is -1.42. The zero-order valence-electron chi connectivity index (χ0n) is 11.7. The van der Waals surface area contributed by atoms with Gasteiger partial charge in [-0.1, -0.05) is 26.8 Å². The number of anilines is 1. The highest BCUT2D eigenvalue weighted by Gasteiger charge is 2.17. The first-order chi connectivity index (χ1) is 8.86. The van der Waals surface area contributed by atoms with Crippen molar-refractivity contribution in [2.24, 2.45) is 0 Å². The Morgan fingerprint density at radius 3 is 2.63 bits per heavy atom. The molecular formula is C15H19FN2S. The van der Waals surface area contributed by atoms with Gasteiger partial charge in [0.05, 0.1) is 11.6 Å². The van der Waals surface area contributed by atoms with Crippen LogP contribution in [0.15, 0.2) is 24.4 Å². The van der Waals surface area contributed by atoms with Gasteiger partial charge >= 0.3 is 0 Å². The number of hydrogen-bond acceptors (Lipinski definition) is 3. The van der Waals surface area contributed by atoms with E-state index in [0.29, 0.717) is 12.1 Å². The average molecular weight is 278 g/mol.